The topological polar surface area (TPSA) is 30.5 Å². The van der Waals surface area contributed by atoms with Gasteiger partial charge in [0.15, 0.2) is 0 Å². The molecular weight excluding hydrogens is 224 g/mol. The lowest BCUT2D eigenvalue weighted by Crippen LogP contribution is -2.47. The van der Waals surface area contributed by atoms with E-state index in [0.717, 1.165) is 13.0 Å². The van der Waals surface area contributed by atoms with Crippen LogP contribution in [0.2, 0.25) is 0 Å². The minimum atomic E-state index is -0.198. The summed E-state index contributed by atoms with van der Waals surface area (Å²) in [6.45, 7) is 9.52. The van der Waals surface area contributed by atoms with Crippen LogP contribution in [-0.4, -0.2) is 30.8 Å². The smallest absolute Gasteiger partial charge is 0.402 e. The van der Waals surface area contributed by atoms with Crippen molar-refractivity contribution in [1.29, 1.82) is 0 Å². The van der Waals surface area contributed by atoms with Gasteiger partial charge in [0.25, 0.3) is 0 Å². The van der Waals surface area contributed by atoms with Crippen LogP contribution in [0.3, 0.4) is 0 Å². The Morgan fingerprint density at radius 1 is 1.06 bits per heavy atom. The molecule has 0 aromatic heterocycles. The van der Waals surface area contributed by atoms with Crippen molar-refractivity contribution >= 4 is 19.5 Å². The van der Waals surface area contributed by atoms with Crippen molar-refractivity contribution in [3.8, 4) is 0 Å². The molecule has 0 radical (unpaired) electrons. The molecule has 94 valence electrons. The lowest BCUT2D eigenvalue weighted by molar-refractivity contribution is 0.00578. The number of hydrogen-bond donors (Lipinski definition) is 1. The van der Waals surface area contributed by atoms with Gasteiger partial charge in [-0.15, -0.1) is 12.4 Å². The van der Waals surface area contributed by atoms with E-state index in [1.54, 1.807) is 0 Å². The van der Waals surface area contributed by atoms with Crippen molar-refractivity contribution in [2.75, 3.05) is 6.54 Å². The van der Waals surface area contributed by atoms with Gasteiger partial charge in [-0.3, -0.25) is 0 Å². The third kappa shape index (κ3) is 2.56. The van der Waals surface area contributed by atoms with Crippen molar-refractivity contribution in [3.63, 3.8) is 0 Å². The van der Waals surface area contributed by atoms with Gasteiger partial charge in [-0.25, -0.2) is 0 Å². The van der Waals surface area contributed by atoms with E-state index in [1.807, 2.05) is 0 Å². The maximum atomic E-state index is 6.02. The van der Waals surface area contributed by atoms with Gasteiger partial charge in [-0.1, -0.05) is 6.42 Å². The molecule has 0 aromatic carbocycles. The van der Waals surface area contributed by atoms with Gasteiger partial charge in [0, 0.05) is 5.94 Å². The molecule has 2 rings (SSSR count). The van der Waals surface area contributed by atoms with Crippen LogP contribution in [0.4, 0.5) is 0 Å². The van der Waals surface area contributed by atoms with Crippen molar-refractivity contribution in [3.05, 3.63) is 0 Å². The Balaban J connectivity index is 0.00000128. The number of piperidine rings is 1. The molecule has 2 aliphatic rings. The molecule has 1 N–H and O–H groups in total. The fourth-order valence-electron chi connectivity index (χ4n) is 2.16. The van der Waals surface area contributed by atoms with Gasteiger partial charge in [0.1, 0.15) is 0 Å². The zero-order valence-electron chi connectivity index (χ0n) is 10.7. The molecular formula is C11H23BClNO2. The zero-order chi connectivity index (χ0) is 11.1. The minimum absolute atomic E-state index is 0. The highest BCUT2D eigenvalue weighted by atomic mass is 35.5. The molecule has 0 saturated carbocycles. The summed E-state index contributed by atoms with van der Waals surface area (Å²) in [5.74, 6) is 0.375. The van der Waals surface area contributed by atoms with E-state index in [2.05, 4.69) is 33.0 Å². The zero-order valence-corrected chi connectivity index (χ0v) is 11.5. The lowest BCUT2D eigenvalue weighted by atomic mass is 9.74. The molecule has 1 unspecified atom stereocenters. The van der Waals surface area contributed by atoms with Crippen LogP contribution >= 0.6 is 12.4 Å². The van der Waals surface area contributed by atoms with Crippen LogP contribution in [0.25, 0.3) is 0 Å². The molecule has 1 atom stereocenters. The molecule has 0 spiro atoms. The summed E-state index contributed by atoms with van der Waals surface area (Å²) in [6, 6.07) is 0. The van der Waals surface area contributed by atoms with E-state index in [0.29, 0.717) is 5.94 Å². The van der Waals surface area contributed by atoms with E-state index < -0.39 is 0 Å². The first-order valence-corrected chi connectivity index (χ1v) is 6.01. The first kappa shape index (κ1) is 14.3. The van der Waals surface area contributed by atoms with Crippen LogP contribution in [-0.2, 0) is 9.31 Å². The largest absolute Gasteiger partial charge is 0.476 e. The second-order valence-corrected chi connectivity index (χ2v) is 5.68. The van der Waals surface area contributed by atoms with Crippen molar-refractivity contribution in [2.24, 2.45) is 0 Å². The quantitative estimate of drug-likeness (QED) is 0.721. The molecule has 0 amide bonds. The molecule has 2 aliphatic heterocycles. The summed E-state index contributed by atoms with van der Waals surface area (Å²) in [7, 11) is -0.0738. The Kier molecular flexibility index (Phi) is 4.33. The molecule has 2 saturated heterocycles. The van der Waals surface area contributed by atoms with Crippen LogP contribution in [0.5, 0.6) is 0 Å². The summed E-state index contributed by atoms with van der Waals surface area (Å²) >= 11 is 0. The van der Waals surface area contributed by atoms with Gasteiger partial charge in [0.2, 0.25) is 0 Å². The highest BCUT2D eigenvalue weighted by Crippen LogP contribution is 2.38. The Morgan fingerprint density at radius 2 is 1.62 bits per heavy atom. The van der Waals surface area contributed by atoms with E-state index in [4.69, 9.17) is 9.31 Å². The summed E-state index contributed by atoms with van der Waals surface area (Å²) < 4.78 is 12.0. The van der Waals surface area contributed by atoms with Gasteiger partial charge >= 0.3 is 7.12 Å². The predicted molar refractivity (Wildman–Crippen MR) is 69.0 cm³/mol. The Bertz CT molecular complexity index is 226. The number of hydrogen-bond acceptors (Lipinski definition) is 3. The molecule has 16 heavy (non-hydrogen) atoms. The van der Waals surface area contributed by atoms with E-state index in [-0.39, 0.29) is 30.7 Å². The van der Waals surface area contributed by atoms with Gasteiger partial charge in [0.05, 0.1) is 11.2 Å². The second kappa shape index (κ2) is 4.85. The summed E-state index contributed by atoms with van der Waals surface area (Å²) in [4.78, 5) is 0. The molecule has 0 aromatic rings. The number of halogens is 1. The maximum absolute atomic E-state index is 6.02. The highest BCUT2D eigenvalue weighted by molar-refractivity contribution is 6.47. The minimum Gasteiger partial charge on any atom is -0.402 e. The molecule has 0 bridgehead atoms. The first-order chi connectivity index (χ1) is 6.92. The van der Waals surface area contributed by atoms with E-state index in [1.165, 1.54) is 12.8 Å². The monoisotopic (exact) mass is 247 g/mol. The Morgan fingerprint density at radius 3 is 2.06 bits per heavy atom. The Labute approximate surface area is 105 Å². The van der Waals surface area contributed by atoms with Crippen molar-refractivity contribution in [1.82, 2.24) is 5.32 Å². The Hall–Kier alpha value is 0.235. The third-order valence-corrected chi connectivity index (χ3v) is 3.95. The molecule has 2 heterocycles. The maximum Gasteiger partial charge on any atom is 0.476 e. The van der Waals surface area contributed by atoms with E-state index >= 15 is 0 Å². The fraction of sp³-hybridized carbons (Fsp3) is 1.00. The normalized spacial score (nSPS) is 32.2. The summed E-state index contributed by atoms with van der Waals surface area (Å²) in [5, 5.41) is 3.49. The van der Waals surface area contributed by atoms with Crippen molar-refractivity contribution in [2.45, 2.75) is 64.1 Å². The van der Waals surface area contributed by atoms with Gasteiger partial charge in [-0.05, 0) is 47.1 Å². The molecule has 0 aliphatic carbocycles. The molecule has 3 nitrogen and oxygen atoms in total. The van der Waals surface area contributed by atoms with Crippen LogP contribution in [0.1, 0.15) is 47.0 Å². The average Bonchev–Trinajstić information content (AvgIpc) is 2.38. The lowest BCUT2D eigenvalue weighted by Gasteiger charge is -2.32. The molecule has 2 fully saturated rings. The van der Waals surface area contributed by atoms with Crippen LogP contribution < -0.4 is 5.32 Å². The SMILES string of the molecule is CC1(C)OB(C2CCCCN2)OC1(C)C.Cl. The summed E-state index contributed by atoms with van der Waals surface area (Å²) in [5.41, 5.74) is -0.395. The highest BCUT2D eigenvalue weighted by Gasteiger charge is 2.53. The number of nitrogens with one attached hydrogen (secondary N) is 1. The van der Waals surface area contributed by atoms with Crippen LogP contribution in [0, 0.1) is 0 Å². The van der Waals surface area contributed by atoms with E-state index in [9.17, 15) is 0 Å². The summed E-state index contributed by atoms with van der Waals surface area (Å²) in [6.07, 6.45) is 3.72. The van der Waals surface area contributed by atoms with Gasteiger partial charge in [-0.2, -0.15) is 0 Å². The fourth-order valence-corrected chi connectivity index (χ4v) is 2.16. The molecule has 5 heteroatoms. The second-order valence-electron chi connectivity index (χ2n) is 5.68. The number of rotatable bonds is 1. The predicted octanol–water partition coefficient (Wildman–Crippen LogP) is 2.18. The standard InChI is InChI=1S/C11H22BNO2.ClH/c1-10(2)11(3,4)15-12(14-10)9-7-5-6-8-13-9;/h9,13H,5-8H2,1-4H3;1H. The van der Waals surface area contributed by atoms with Crippen LogP contribution in [0.15, 0.2) is 0 Å². The first-order valence-electron chi connectivity index (χ1n) is 6.01. The average molecular weight is 248 g/mol. The van der Waals surface area contributed by atoms with Gasteiger partial charge < -0.3 is 14.6 Å². The third-order valence-electron chi connectivity index (χ3n) is 3.95. The van der Waals surface area contributed by atoms with Crippen molar-refractivity contribution < 1.29 is 9.31 Å².